The second kappa shape index (κ2) is 5.41. The zero-order valence-corrected chi connectivity index (χ0v) is 11.4. The number of nitrogens with one attached hydrogen (secondary N) is 1. The van der Waals surface area contributed by atoms with Crippen LogP contribution in [0.15, 0.2) is 41.4 Å². The maximum atomic E-state index is 11.1. The van der Waals surface area contributed by atoms with Gasteiger partial charge in [-0.2, -0.15) is 5.10 Å². The number of hydrogen-bond donors (Lipinski definition) is 2. The van der Waals surface area contributed by atoms with E-state index in [4.69, 9.17) is 5.14 Å². The Morgan fingerprint density at radius 3 is 2.47 bits per heavy atom. The van der Waals surface area contributed by atoms with Gasteiger partial charge in [-0.1, -0.05) is 0 Å². The zero-order chi connectivity index (χ0) is 13.9. The molecule has 3 N–H and O–H groups in total. The van der Waals surface area contributed by atoms with Crippen molar-refractivity contribution in [1.29, 1.82) is 0 Å². The lowest BCUT2D eigenvalue weighted by Crippen LogP contribution is -2.12. The van der Waals surface area contributed by atoms with Crippen LogP contribution in [0.25, 0.3) is 0 Å². The van der Waals surface area contributed by atoms with Crippen molar-refractivity contribution in [2.75, 3.05) is 11.9 Å². The van der Waals surface area contributed by atoms with Gasteiger partial charge in [0, 0.05) is 37.6 Å². The molecule has 0 bridgehead atoms. The molecule has 0 amide bonds. The van der Waals surface area contributed by atoms with Crippen LogP contribution in [-0.2, 0) is 23.5 Å². The molecular formula is C12H16N4O2S. The molecule has 19 heavy (non-hydrogen) atoms. The number of nitrogens with zero attached hydrogens (tertiary/aromatic N) is 2. The number of sulfonamides is 1. The number of aryl methyl sites for hydroxylation is 1. The minimum absolute atomic E-state index is 0.115. The van der Waals surface area contributed by atoms with Gasteiger partial charge < -0.3 is 5.32 Å². The van der Waals surface area contributed by atoms with Crippen molar-refractivity contribution in [2.24, 2.45) is 12.2 Å². The first-order valence-electron chi connectivity index (χ1n) is 5.80. The quantitative estimate of drug-likeness (QED) is 0.844. The molecule has 2 rings (SSSR count). The summed E-state index contributed by atoms with van der Waals surface area (Å²) in [6.45, 7) is 0.744. The van der Waals surface area contributed by atoms with Crippen LogP contribution in [0.5, 0.6) is 0 Å². The molecular weight excluding hydrogens is 264 g/mol. The number of nitrogens with two attached hydrogens (primary N) is 1. The van der Waals surface area contributed by atoms with E-state index in [1.54, 1.807) is 18.3 Å². The molecule has 0 fully saturated rings. The van der Waals surface area contributed by atoms with Gasteiger partial charge in [-0.15, -0.1) is 0 Å². The first kappa shape index (κ1) is 13.6. The van der Waals surface area contributed by atoms with Crippen LogP contribution in [0.1, 0.15) is 5.69 Å². The molecule has 0 spiro atoms. The second-order valence-electron chi connectivity index (χ2n) is 4.19. The van der Waals surface area contributed by atoms with E-state index in [-0.39, 0.29) is 4.90 Å². The number of anilines is 1. The lowest BCUT2D eigenvalue weighted by atomic mass is 10.3. The normalized spacial score (nSPS) is 11.5. The first-order chi connectivity index (χ1) is 8.97. The van der Waals surface area contributed by atoms with E-state index in [9.17, 15) is 8.42 Å². The minimum atomic E-state index is -3.62. The molecule has 6 nitrogen and oxygen atoms in total. The van der Waals surface area contributed by atoms with Crippen LogP contribution in [0.4, 0.5) is 5.69 Å². The van der Waals surface area contributed by atoms with E-state index in [1.807, 2.05) is 17.8 Å². The highest BCUT2D eigenvalue weighted by molar-refractivity contribution is 7.89. The molecule has 0 aliphatic carbocycles. The fourth-order valence-electron chi connectivity index (χ4n) is 1.74. The predicted molar refractivity (Wildman–Crippen MR) is 73.2 cm³/mol. The second-order valence-corrected chi connectivity index (χ2v) is 5.75. The summed E-state index contributed by atoms with van der Waals surface area (Å²) in [4.78, 5) is 0.115. The molecule has 1 aromatic heterocycles. The molecule has 0 saturated heterocycles. The third kappa shape index (κ3) is 3.55. The summed E-state index contributed by atoms with van der Waals surface area (Å²) in [7, 11) is -1.72. The highest BCUT2D eigenvalue weighted by Gasteiger charge is 2.06. The van der Waals surface area contributed by atoms with Gasteiger partial charge in [0.05, 0.1) is 4.90 Å². The van der Waals surface area contributed by atoms with Gasteiger partial charge in [0.25, 0.3) is 0 Å². The molecule has 102 valence electrons. The Morgan fingerprint density at radius 2 is 1.95 bits per heavy atom. The Kier molecular flexibility index (Phi) is 3.87. The van der Waals surface area contributed by atoms with E-state index in [1.165, 1.54) is 12.1 Å². The first-order valence-corrected chi connectivity index (χ1v) is 7.35. The number of aromatic nitrogens is 2. The Labute approximate surface area is 112 Å². The topological polar surface area (TPSA) is 90.0 Å². The van der Waals surface area contributed by atoms with Crippen molar-refractivity contribution in [1.82, 2.24) is 9.78 Å². The molecule has 7 heteroatoms. The summed E-state index contributed by atoms with van der Waals surface area (Å²) in [5.74, 6) is 0. The van der Waals surface area contributed by atoms with E-state index >= 15 is 0 Å². The molecule has 0 aliphatic heterocycles. The van der Waals surface area contributed by atoms with Gasteiger partial charge in [-0.05, 0) is 30.3 Å². The number of benzene rings is 1. The van der Waals surface area contributed by atoms with E-state index in [2.05, 4.69) is 10.4 Å². The van der Waals surface area contributed by atoms with Crippen molar-refractivity contribution in [3.8, 4) is 0 Å². The third-order valence-corrected chi connectivity index (χ3v) is 3.74. The average molecular weight is 280 g/mol. The summed E-state index contributed by atoms with van der Waals surface area (Å²) in [6.07, 6.45) is 2.60. The van der Waals surface area contributed by atoms with Crippen LogP contribution >= 0.6 is 0 Å². The highest BCUT2D eigenvalue weighted by Crippen LogP contribution is 2.12. The lowest BCUT2D eigenvalue weighted by Gasteiger charge is -2.07. The van der Waals surface area contributed by atoms with Crippen LogP contribution < -0.4 is 10.5 Å². The van der Waals surface area contributed by atoms with Gasteiger partial charge in [0.2, 0.25) is 10.0 Å². The summed E-state index contributed by atoms with van der Waals surface area (Å²) < 4.78 is 24.0. The van der Waals surface area contributed by atoms with Crippen LogP contribution in [-0.4, -0.2) is 24.7 Å². The number of hydrogen-bond acceptors (Lipinski definition) is 4. The summed E-state index contributed by atoms with van der Waals surface area (Å²) in [5.41, 5.74) is 1.99. The average Bonchev–Trinajstić information content (AvgIpc) is 2.75. The smallest absolute Gasteiger partial charge is 0.238 e. The highest BCUT2D eigenvalue weighted by atomic mass is 32.2. The Bertz CT molecular complexity index is 647. The van der Waals surface area contributed by atoms with E-state index in [0.29, 0.717) is 0 Å². The summed E-state index contributed by atoms with van der Waals surface area (Å²) in [5, 5.41) is 12.3. The lowest BCUT2D eigenvalue weighted by molar-refractivity contribution is 0.598. The summed E-state index contributed by atoms with van der Waals surface area (Å²) in [6, 6.07) is 8.33. The minimum Gasteiger partial charge on any atom is -0.385 e. The zero-order valence-electron chi connectivity index (χ0n) is 10.6. The van der Waals surface area contributed by atoms with E-state index < -0.39 is 10.0 Å². The van der Waals surface area contributed by atoms with Crippen molar-refractivity contribution < 1.29 is 8.42 Å². The molecule has 1 heterocycles. The van der Waals surface area contributed by atoms with Gasteiger partial charge in [0.15, 0.2) is 0 Å². The van der Waals surface area contributed by atoms with Gasteiger partial charge in [-0.25, -0.2) is 13.6 Å². The van der Waals surface area contributed by atoms with Gasteiger partial charge in [-0.3, -0.25) is 4.68 Å². The largest absolute Gasteiger partial charge is 0.385 e. The molecule has 1 aromatic carbocycles. The maximum absolute atomic E-state index is 11.1. The van der Waals surface area contributed by atoms with Crippen molar-refractivity contribution in [3.63, 3.8) is 0 Å². The standard InChI is InChI=1S/C12H16N4O2S/c1-16-11(7-9-15-16)6-8-14-10-2-4-12(5-3-10)19(13,17)18/h2-5,7,9,14H,6,8H2,1H3,(H2,13,17,18). The molecule has 0 unspecified atom stereocenters. The SMILES string of the molecule is Cn1nccc1CCNc1ccc(S(N)(=O)=O)cc1. The summed E-state index contributed by atoms with van der Waals surface area (Å²) >= 11 is 0. The van der Waals surface area contributed by atoms with Crippen LogP contribution in [0.2, 0.25) is 0 Å². The third-order valence-electron chi connectivity index (χ3n) is 2.82. The Hall–Kier alpha value is -1.86. The maximum Gasteiger partial charge on any atom is 0.238 e. The molecule has 0 aliphatic rings. The molecule has 0 saturated carbocycles. The molecule has 0 atom stereocenters. The Morgan fingerprint density at radius 1 is 1.26 bits per heavy atom. The van der Waals surface area contributed by atoms with Gasteiger partial charge >= 0.3 is 0 Å². The molecule has 2 aromatic rings. The van der Waals surface area contributed by atoms with Crippen LogP contribution in [0.3, 0.4) is 0 Å². The van der Waals surface area contributed by atoms with Crippen LogP contribution in [0, 0.1) is 0 Å². The fourth-order valence-corrected chi connectivity index (χ4v) is 2.26. The Balaban J connectivity index is 1.92. The van der Waals surface area contributed by atoms with E-state index in [0.717, 1.165) is 24.3 Å². The van der Waals surface area contributed by atoms with Crippen molar-refractivity contribution in [2.45, 2.75) is 11.3 Å². The van der Waals surface area contributed by atoms with Crippen molar-refractivity contribution in [3.05, 3.63) is 42.2 Å². The number of rotatable bonds is 5. The fraction of sp³-hybridized carbons (Fsp3) is 0.250. The predicted octanol–water partition coefficient (Wildman–Crippen LogP) is 0.722. The molecule has 0 radical (unpaired) electrons. The van der Waals surface area contributed by atoms with Crippen molar-refractivity contribution >= 4 is 15.7 Å². The number of primary sulfonamides is 1. The van der Waals surface area contributed by atoms with Gasteiger partial charge in [0.1, 0.15) is 0 Å². The monoisotopic (exact) mass is 280 g/mol.